The number of para-hydroxylation sites is 2. The molecule has 0 spiro atoms. The van der Waals surface area contributed by atoms with E-state index >= 15 is 0 Å². The largest absolute Gasteiger partial charge is 0.490 e. The molecule has 0 bridgehead atoms. The topological polar surface area (TPSA) is 59.1 Å². The summed E-state index contributed by atoms with van der Waals surface area (Å²) >= 11 is 0. The third-order valence-electron chi connectivity index (χ3n) is 4.78. The average molecular weight is 362 g/mol. The maximum atomic E-state index is 12.4. The van der Waals surface area contributed by atoms with Gasteiger partial charge in [0.05, 0.1) is 6.61 Å². The van der Waals surface area contributed by atoms with Crippen molar-refractivity contribution in [3.8, 4) is 11.5 Å². The van der Waals surface area contributed by atoms with Gasteiger partial charge in [0, 0.05) is 32.1 Å². The lowest BCUT2D eigenvalue weighted by Gasteiger charge is -2.36. The summed E-state index contributed by atoms with van der Waals surface area (Å²) in [6.07, 6.45) is 1.73. The molecule has 0 aromatic heterocycles. The maximum absolute atomic E-state index is 12.4. The number of hydrogen-bond donors (Lipinski definition) is 0. The molecule has 1 aliphatic heterocycles. The molecule has 6 heteroatoms. The number of hydrogen-bond acceptors (Lipinski definition) is 4. The van der Waals surface area contributed by atoms with Crippen LogP contribution in [0.3, 0.4) is 0 Å². The normalized spacial score (nSPS) is 14.5. The molecule has 2 rings (SSSR count). The zero-order valence-corrected chi connectivity index (χ0v) is 16.1. The summed E-state index contributed by atoms with van der Waals surface area (Å²) in [4.78, 5) is 28.5. The third-order valence-corrected chi connectivity index (χ3v) is 4.78. The zero-order chi connectivity index (χ0) is 18.9. The van der Waals surface area contributed by atoms with E-state index < -0.39 is 0 Å². The Kier molecular flexibility index (Phi) is 7.75. The average Bonchev–Trinajstić information content (AvgIpc) is 2.68. The van der Waals surface area contributed by atoms with Crippen molar-refractivity contribution in [1.82, 2.24) is 9.80 Å². The lowest BCUT2D eigenvalue weighted by molar-refractivity contribution is -0.143. The second-order valence-corrected chi connectivity index (χ2v) is 6.39. The molecular formula is C20H30N2O4. The SMILES string of the molecule is CCOc1ccccc1OCC(=O)N1CCN(C(=O)C(CC)CC)CC1. The quantitative estimate of drug-likeness (QED) is 0.713. The molecule has 1 aromatic rings. The predicted molar refractivity (Wildman–Crippen MR) is 100 cm³/mol. The van der Waals surface area contributed by atoms with Crippen molar-refractivity contribution in [3.63, 3.8) is 0 Å². The lowest BCUT2D eigenvalue weighted by Crippen LogP contribution is -2.52. The van der Waals surface area contributed by atoms with Crippen LogP contribution in [0.4, 0.5) is 0 Å². The second kappa shape index (κ2) is 10.0. The van der Waals surface area contributed by atoms with Crippen LogP contribution in [0.5, 0.6) is 11.5 Å². The van der Waals surface area contributed by atoms with Gasteiger partial charge in [-0.25, -0.2) is 0 Å². The number of nitrogens with zero attached hydrogens (tertiary/aromatic N) is 2. The minimum Gasteiger partial charge on any atom is -0.490 e. The fourth-order valence-electron chi connectivity index (χ4n) is 3.15. The van der Waals surface area contributed by atoms with E-state index in [0.717, 1.165) is 12.8 Å². The van der Waals surface area contributed by atoms with Crippen LogP contribution in [0.15, 0.2) is 24.3 Å². The zero-order valence-electron chi connectivity index (χ0n) is 16.1. The van der Waals surface area contributed by atoms with Crippen molar-refractivity contribution in [1.29, 1.82) is 0 Å². The molecule has 0 radical (unpaired) electrons. The van der Waals surface area contributed by atoms with Crippen LogP contribution < -0.4 is 9.47 Å². The number of ether oxygens (including phenoxy) is 2. The Bertz CT molecular complexity index is 593. The molecular weight excluding hydrogens is 332 g/mol. The van der Waals surface area contributed by atoms with Gasteiger partial charge in [-0.2, -0.15) is 0 Å². The predicted octanol–water partition coefficient (Wildman–Crippen LogP) is 2.57. The van der Waals surface area contributed by atoms with E-state index in [9.17, 15) is 9.59 Å². The van der Waals surface area contributed by atoms with Crippen molar-refractivity contribution < 1.29 is 19.1 Å². The first-order valence-electron chi connectivity index (χ1n) is 9.51. The molecule has 0 aliphatic carbocycles. The molecule has 1 aromatic carbocycles. The van der Waals surface area contributed by atoms with Gasteiger partial charge in [-0.3, -0.25) is 9.59 Å². The van der Waals surface area contributed by atoms with Crippen LogP contribution >= 0.6 is 0 Å². The summed E-state index contributed by atoms with van der Waals surface area (Å²) in [5, 5.41) is 0. The van der Waals surface area contributed by atoms with E-state index in [-0.39, 0.29) is 24.3 Å². The Morgan fingerprint density at radius 1 is 0.923 bits per heavy atom. The molecule has 0 N–H and O–H groups in total. The molecule has 6 nitrogen and oxygen atoms in total. The molecule has 0 saturated carbocycles. The Balaban J connectivity index is 1.83. The van der Waals surface area contributed by atoms with E-state index in [1.54, 1.807) is 11.0 Å². The highest BCUT2D eigenvalue weighted by Gasteiger charge is 2.27. The molecule has 0 atom stereocenters. The number of benzene rings is 1. The van der Waals surface area contributed by atoms with Crippen molar-refractivity contribution in [3.05, 3.63) is 24.3 Å². The van der Waals surface area contributed by atoms with E-state index in [1.165, 1.54) is 0 Å². The maximum Gasteiger partial charge on any atom is 0.260 e. The Morgan fingerprint density at radius 2 is 1.46 bits per heavy atom. The van der Waals surface area contributed by atoms with Crippen molar-refractivity contribution in [2.45, 2.75) is 33.6 Å². The Labute approximate surface area is 156 Å². The molecule has 1 aliphatic rings. The van der Waals surface area contributed by atoms with Crippen molar-refractivity contribution >= 4 is 11.8 Å². The van der Waals surface area contributed by atoms with Gasteiger partial charge in [0.1, 0.15) is 0 Å². The van der Waals surface area contributed by atoms with Gasteiger partial charge in [-0.15, -0.1) is 0 Å². The van der Waals surface area contributed by atoms with Crippen molar-refractivity contribution in [2.75, 3.05) is 39.4 Å². The minimum absolute atomic E-state index is 0.0232. The molecule has 26 heavy (non-hydrogen) atoms. The van der Waals surface area contributed by atoms with E-state index in [0.29, 0.717) is 44.3 Å². The highest BCUT2D eigenvalue weighted by Crippen LogP contribution is 2.26. The molecule has 0 unspecified atom stereocenters. The van der Waals surface area contributed by atoms with Crippen LogP contribution in [0.25, 0.3) is 0 Å². The molecule has 1 heterocycles. The summed E-state index contributed by atoms with van der Waals surface area (Å²) in [6.45, 7) is 8.82. The highest BCUT2D eigenvalue weighted by molar-refractivity contribution is 5.80. The summed E-state index contributed by atoms with van der Waals surface area (Å²) in [5.74, 6) is 1.46. The van der Waals surface area contributed by atoms with Crippen molar-refractivity contribution in [2.24, 2.45) is 5.92 Å². The first-order valence-corrected chi connectivity index (χ1v) is 9.51. The fourth-order valence-corrected chi connectivity index (χ4v) is 3.15. The number of carbonyl (C=O) groups is 2. The summed E-state index contributed by atoms with van der Waals surface area (Å²) in [6, 6.07) is 7.34. The fraction of sp³-hybridized carbons (Fsp3) is 0.600. The number of amides is 2. The lowest BCUT2D eigenvalue weighted by atomic mass is 10.0. The van der Waals surface area contributed by atoms with Crippen LogP contribution in [-0.4, -0.2) is 61.0 Å². The summed E-state index contributed by atoms with van der Waals surface area (Å²) in [7, 11) is 0. The molecule has 2 amide bonds. The van der Waals surface area contributed by atoms with Crippen LogP contribution in [0.2, 0.25) is 0 Å². The standard InChI is InChI=1S/C20H30N2O4/c1-4-16(5-2)20(24)22-13-11-21(12-14-22)19(23)15-26-18-10-8-7-9-17(18)25-6-3/h7-10,16H,4-6,11-15H2,1-3H3. The Hall–Kier alpha value is -2.24. The molecule has 144 valence electrons. The first-order chi connectivity index (χ1) is 12.6. The van der Waals surface area contributed by atoms with Crippen LogP contribution in [-0.2, 0) is 9.59 Å². The number of piperazine rings is 1. The third kappa shape index (κ3) is 5.13. The van der Waals surface area contributed by atoms with Gasteiger partial charge in [-0.05, 0) is 31.9 Å². The van der Waals surface area contributed by atoms with Crippen LogP contribution in [0, 0.1) is 5.92 Å². The second-order valence-electron chi connectivity index (χ2n) is 6.39. The van der Waals surface area contributed by atoms with Gasteiger partial charge in [0.2, 0.25) is 5.91 Å². The van der Waals surface area contributed by atoms with Gasteiger partial charge in [0.25, 0.3) is 5.91 Å². The minimum atomic E-state index is -0.0640. The molecule has 1 fully saturated rings. The van der Waals surface area contributed by atoms with E-state index in [1.807, 2.05) is 43.9 Å². The van der Waals surface area contributed by atoms with E-state index in [2.05, 4.69) is 0 Å². The number of carbonyl (C=O) groups excluding carboxylic acids is 2. The smallest absolute Gasteiger partial charge is 0.260 e. The first kappa shape index (κ1) is 20.1. The van der Waals surface area contributed by atoms with Gasteiger partial charge >= 0.3 is 0 Å². The number of rotatable bonds is 8. The van der Waals surface area contributed by atoms with Crippen LogP contribution in [0.1, 0.15) is 33.6 Å². The molecule has 1 saturated heterocycles. The van der Waals surface area contributed by atoms with Gasteiger partial charge in [0.15, 0.2) is 18.1 Å². The Morgan fingerprint density at radius 3 is 2.00 bits per heavy atom. The highest BCUT2D eigenvalue weighted by atomic mass is 16.5. The van der Waals surface area contributed by atoms with E-state index in [4.69, 9.17) is 9.47 Å². The summed E-state index contributed by atoms with van der Waals surface area (Å²) < 4.78 is 11.2. The monoisotopic (exact) mass is 362 g/mol. The summed E-state index contributed by atoms with van der Waals surface area (Å²) in [5.41, 5.74) is 0. The van der Waals surface area contributed by atoms with Gasteiger partial charge < -0.3 is 19.3 Å². The van der Waals surface area contributed by atoms with Gasteiger partial charge in [-0.1, -0.05) is 26.0 Å².